The number of hydrogen-bond donors (Lipinski definition) is 1. The van der Waals surface area contributed by atoms with Gasteiger partial charge in [-0.15, -0.1) is 0 Å². The Kier molecular flexibility index (Phi) is 4.36. The topological polar surface area (TPSA) is 72.6 Å². The van der Waals surface area contributed by atoms with Gasteiger partial charge in [0.1, 0.15) is 0 Å². The molecule has 0 aromatic heterocycles. The third-order valence-electron chi connectivity index (χ3n) is 3.80. The highest BCUT2D eigenvalue weighted by Crippen LogP contribution is 2.27. The number of benzene rings is 1. The maximum atomic E-state index is 12.7. The molecular formula is C14H22N2O3S. The van der Waals surface area contributed by atoms with Crippen LogP contribution in [0.2, 0.25) is 0 Å². The van der Waals surface area contributed by atoms with Crippen LogP contribution in [0, 0.1) is 13.8 Å². The summed E-state index contributed by atoms with van der Waals surface area (Å²) in [5.41, 5.74) is 7.68. The lowest BCUT2D eigenvalue weighted by atomic mass is 10.1. The number of aryl methyl sites for hydroxylation is 1. The molecule has 1 fully saturated rings. The number of ether oxygens (including phenoxy) is 1. The Bertz CT molecular complexity index is 593. The van der Waals surface area contributed by atoms with E-state index in [0.717, 1.165) is 25.0 Å². The summed E-state index contributed by atoms with van der Waals surface area (Å²) in [6, 6.07) is 3.49. The number of sulfonamides is 1. The van der Waals surface area contributed by atoms with Gasteiger partial charge in [0.2, 0.25) is 10.0 Å². The molecule has 1 atom stereocenters. The van der Waals surface area contributed by atoms with Crippen molar-refractivity contribution >= 4 is 15.7 Å². The van der Waals surface area contributed by atoms with Crippen LogP contribution in [-0.4, -0.2) is 39.0 Å². The van der Waals surface area contributed by atoms with E-state index in [2.05, 4.69) is 0 Å². The molecule has 2 N–H and O–H groups in total. The van der Waals surface area contributed by atoms with Crippen molar-refractivity contribution in [3.8, 4) is 0 Å². The molecule has 0 spiro atoms. The normalized spacial score (nSPS) is 19.7. The standard InChI is InChI=1S/C14H22N2O3S/c1-10-6-7-13(15)11(2)14(10)20(17,18)16(3)9-12-5-4-8-19-12/h6-7,12H,4-5,8-9,15H2,1-3H3. The summed E-state index contributed by atoms with van der Waals surface area (Å²) >= 11 is 0. The predicted molar refractivity (Wildman–Crippen MR) is 79.1 cm³/mol. The molecule has 1 aromatic carbocycles. The number of nitrogen functional groups attached to an aromatic ring is 1. The molecular weight excluding hydrogens is 276 g/mol. The molecule has 1 unspecified atom stereocenters. The van der Waals surface area contributed by atoms with E-state index >= 15 is 0 Å². The predicted octanol–water partition coefficient (Wildman–Crippen LogP) is 1.69. The minimum Gasteiger partial charge on any atom is -0.398 e. The second-order valence-corrected chi connectivity index (χ2v) is 7.33. The zero-order valence-electron chi connectivity index (χ0n) is 12.2. The van der Waals surface area contributed by atoms with Crippen molar-refractivity contribution in [2.24, 2.45) is 0 Å². The van der Waals surface area contributed by atoms with Gasteiger partial charge in [-0.2, -0.15) is 4.31 Å². The highest BCUT2D eigenvalue weighted by atomic mass is 32.2. The van der Waals surface area contributed by atoms with Crippen molar-refractivity contribution in [1.82, 2.24) is 4.31 Å². The molecule has 6 heteroatoms. The summed E-state index contributed by atoms with van der Waals surface area (Å²) in [5.74, 6) is 0. The lowest BCUT2D eigenvalue weighted by Gasteiger charge is -2.23. The van der Waals surface area contributed by atoms with Crippen LogP contribution in [0.3, 0.4) is 0 Å². The second-order valence-electron chi connectivity index (χ2n) is 5.35. The Balaban J connectivity index is 2.32. The molecule has 1 aliphatic heterocycles. The molecule has 0 aliphatic carbocycles. The quantitative estimate of drug-likeness (QED) is 0.859. The van der Waals surface area contributed by atoms with E-state index in [-0.39, 0.29) is 6.10 Å². The van der Waals surface area contributed by atoms with Gasteiger partial charge in [-0.25, -0.2) is 8.42 Å². The Hall–Kier alpha value is -1.11. The average Bonchev–Trinajstić information content (AvgIpc) is 2.87. The third kappa shape index (κ3) is 2.82. The first-order valence-electron chi connectivity index (χ1n) is 6.77. The Morgan fingerprint density at radius 3 is 2.70 bits per heavy atom. The molecule has 2 rings (SSSR count). The molecule has 20 heavy (non-hydrogen) atoms. The first kappa shape index (κ1) is 15.3. The van der Waals surface area contributed by atoms with Gasteiger partial charge in [-0.1, -0.05) is 6.07 Å². The maximum Gasteiger partial charge on any atom is 0.243 e. The fourth-order valence-electron chi connectivity index (χ4n) is 2.57. The van der Waals surface area contributed by atoms with Crippen LogP contribution in [0.5, 0.6) is 0 Å². The third-order valence-corrected chi connectivity index (χ3v) is 5.91. The molecule has 1 aromatic rings. The number of hydrogen-bond acceptors (Lipinski definition) is 4. The van der Waals surface area contributed by atoms with Crippen molar-refractivity contribution < 1.29 is 13.2 Å². The molecule has 1 heterocycles. The van der Waals surface area contributed by atoms with Crippen LogP contribution in [0.15, 0.2) is 17.0 Å². The largest absolute Gasteiger partial charge is 0.398 e. The van der Waals surface area contributed by atoms with Crippen LogP contribution in [-0.2, 0) is 14.8 Å². The minimum atomic E-state index is -3.54. The molecule has 5 nitrogen and oxygen atoms in total. The van der Waals surface area contributed by atoms with Gasteiger partial charge in [-0.05, 0) is 43.9 Å². The molecule has 112 valence electrons. The Labute approximate surface area is 120 Å². The van der Waals surface area contributed by atoms with Gasteiger partial charge in [-0.3, -0.25) is 0 Å². The van der Waals surface area contributed by atoms with Gasteiger partial charge in [0.15, 0.2) is 0 Å². The molecule has 1 aliphatic rings. The number of rotatable bonds is 4. The summed E-state index contributed by atoms with van der Waals surface area (Å²) in [6.07, 6.45) is 1.90. The van der Waals surface area contributed by atoms with E-state index in [0.29, 0.717) is 22.7 Å². The van der Waals surface area contributed by atoms with Gasteiger partial charge < -0.3 is 10.5 Å². The monoisotopic (exact) mass is 298 g/mol. The van der Waals surface area contributed by atoms with Gasteiger partial charge >= 0.3 is 0 Å². The first-order chi connectivity index (χ1) is 9.34. The van der Waals surface area contributed by atoms with E-state index in [1.807, 2.05) is 0 Å². The van der Waals surface area contributed by atoms with Crippen LogP contribution >= 0.6 is 0 Å². The summed E-state index contributed by atoms with van der Waals surface area (Å²) in [5, 5.41) is 0. The lowest BCUT2D eigenvalue weighted by Crippen LogP contribution is -2.34. The molecule has 0 bridgehead atoms. The Morgan fingerprint density at radius 1 is 1.40 bits per heavy atom. The van der Waals surface area contributed by atoms with Gasteiger partial charge in [0, 0.05) is 25.9 Å². The number of nitrogens with zero attached hydrogens (tertiary/aromatic N) is 1. The summed E-state index contributed by atoms with van der Waals surface area (Å²) < 4.78 is 32.3. The van der Waals surface area contributed by atoms with Crippen molar-refractivity contribution in [1.29, 1.82) is 0 Å². The van der Waals surface area contributed by atoms with Crippen molar-refractivity contribution in [3.63, 3.8) is 0 Å². The molecule has 0 amide bonds. The number of nitrogens with two attached hydrogens (primary N) is 1. The maximum absolute atomic E-state index is 12.7. The van der Waals surface area contributed by atoms with Crippen molar-refractivity contribution in [3.05, 3.63) is 23.3 Å². The van der Waals surface area contributed by atoms with E-state index in [4.69, 9.17) is 10.5 Å². The molecule has 0 saturated carbocycles. The fraction of sp³-hybridized carbons (Fsp3) is 0.571. The van der Waals surface area contributed by atoms with Gasteiger partial charge in [0.25, 0.3) is 0 Å². The number of anilines is 1. The average molecular weight is 298 g/mol. The fourth-order valence-corrected chi connectivity index (χ4v) is 4.22. The number of likely N-dealkylation sites (N-methyl/N-ethyl adjacent to an activating group) is 1. The van der Waals surface area contributed by atoms with Crippen molar-refractivity contribution in [2.75, 3.05) is 25.9 Å². The smallest absolute Gasteiger partial charge is 0.243 e. The zero-order valence-corrected chi connectivity index (χ0v) is 13.0. The minimum absolute atomic E-state index is 0.00329. The van der Waals surface area contributed by atoms with Crippen LogP contribution in [0.1, 0.15) is 24.0 Å². The van der Waals surface area contributed by atoms with Crippen LogP contribution in [0.25, 0.3) is 0 Å². The zero-order chi connectivity index (χ0) is 14.9. The Morgan fingerprint density at radius 2 is 2.10 bits per heavy atom. The highest BCUT2D eigenvalue weighted by molar-refractivity contribution is 7.89. The second kappa shape index (κ2) is 5.71. The van der Waals surface area contributed by atoms with E-state index < -0.39 is 10.0 Å². The molecule has 1 saturated heterocycles. The highest BCUT2D eigenvalue weighted by Gasteiger charge is 2.28. The summed E-state index contributed by atoms with van der Waals surface area (Å²) in [7, 11) is -1.94. The van der Waals surface area contributed by atoms with Crippen LogP contribution < -0.4 is 5.73 Å². The van der Waals surface area contributed by atoms with Crippen molar-refractivity contribution in [2.45, 2.75) is 37.7 Å². The first-order valence-corrected chi connectivity index (χ1v) is 8.21. The summed E-state index contributed by atoms with van der Waals surface area (Å²) in [6.45, 7) is 4.64. The van der Waals surface area contributed by atoms with Gasteiger partial charge in [0.05, 0.1) is 11.0 Å². The van der Waals surface area contributed by atoms with Crippen LogP contribution in [0.4, 0.5) is 5.69 Å². The van der Waals surface area contributed by atoms with E-state index in [9.17, 15) is 8.42 Å². The molecule has 0 radical (unpaired) electrons. The SMILES string of the molecule is Cc1ccc(N)c(C)c1S(=O)(=O)N(C)CC1CCCO1. The lowest BCUT2D eigenvalue weighted by molar-refractivity contribution is 0.0979. The van der Waals surface area contributed by atoms with E-state index in [1.165, 1.54) is 4.31 Å². The van der Waals surface area contributed by atoms with E-state index in [1.54, 1.807) is 33.0 Å². The summed E-state index contributed by atoms with van der Waals surface area (Å²) in [4.78, 5) is 0.318.